The van der Waals surface area contributed by atoms with Crippen molar-refractivity contribution in [2.75, 3.05) is 22.6 Å². The SMILES string of the molecule is Cc1cc(NC2CCS(=O)(=O)C2)c(Br)cc1N. The lowest BCUT2D eigenvalue weighted by atomic mass is 10.1. The molecule has 6 heteroatoms. The van der Waals surface area contributed by atoms with Gasteiger partial charge < -0.3 is 11.1 Å². The zero-order valence-electron chi connectivity index (χ0n) is 9.53. The van der Waals surface area contributed by atoms with Crippen molar-refractivity contribution < 1.29 is 8.42 Å². The summed E-state index contributed by atoms with van der Waals surface area (Å²) in [5.74, 6) is 0.485. The minimum absolute atomic E-state index is 0.000625. The van der Waals surface area contributed by atoms with E-state index in [9.17, 15) is 8.42 Å². The first-order valence-corrected chi connectivity index (χ1v) is 8.01. The van der Waals surface area contributed by atoms with Gasteiger partial charge in [-0.25, -0.2) is 8.42 Å². The standard InChI is InChI=1S/C11H15BrN2O2S/c1-7-4-11(9(12)5-10(7)13)14-8-2-3-17(15,16)6-8/h4-5,8,14H,2-3,6,13H2,1H3. The summed E-state index contributed by atoms with van der Waals surface area (Å²) in [6, 6.07) is 3.77. The minimum atomic E-state index is -2.85. The van der Waals surface area contributed by atoms with Gasteiger partial charge in [-0.1, -0.05) is 0 Å². The van der Waals surface area contributed by atoms with Gasteiger partial charge in [0.2, 0.25) is 0 Å². The zero-order chi connectivity index (χ0) is 12.6. The Labute approximate surface area is 110 Å². The smallest absolute Gasteiger partial charge is 0.152 e. The molecule has 1 saturated heterocycles. The minimum Gasteiger partial charge on any atom is -0.398 e. The molecule has 1 unspecified atom stereocenters. The van der Waals surface area contributed by atoms with E-state index in [0.29, 0.717) is 6.42 Å². The molecule has 1 aliphatic rings. The molecule has 0 aliphatic carbocycles. The van der Waals surface area contributed by atoms with E-state index in [1.165, 1.54) is 0 Å². The van der Waals surface area contributed by atoms with Crippen LogP contribution in [0.25, 0.3) is 0 Å². The van der Waals surface area contributed by atoms with E-state index in [-0.39, 0.29) is 17.5 Å². The Kier molecular flexibility index (Phi) is 3.36. The summed E-state index contributed by atoms with van der Waals surface area (Å²) in [4.78, 5) is 0. The molecule has 1 aliphatic heterocycles. The van der Waals surface area contributed by atoms with Gasteiger partial charge in [-0.3, -0.25) is 0 Å². The maximum absolute atomic E-state index is 11.4. The molecule has 0 aromatic heterocycles. The quantitative estimate of drug-likeness (QED) is 0.817. The number of anilines is 2. The summed E-state index contributed by atoms with van der Waals surface area (Å²) >= 11 is 3.43. The Bertz CT molecular complexity index is 543. The summed E-state index contributed by atoms with van der Waals surface area (Å²) in [6.45, 7) is 1.93. The van der Waals surface area contributed by atoms with E-state index < -0.39 is 9.84 Å². The fourth-order valence-corrected chi connectivity index (χ4v) is 4.09. The number of sulfone groups is 1. The molecule has 0 amide bonds. The highest BCUT2D eigenvalue weighted by atomic mass is 79.9. The van der Waals surface area contributed by atoms with Crippen LogP contribution in [-0.2, 0) is 9.84 Å². The summed E-state index contributed by atoms with van der Waals surface area (Å²) in [5, 5.41) is 3.25. The van der Waals surface area contributed by atoms with E-state index in [4.69, 9.17) is 5.73 Å². The predicted octanol–water partition coefficient (Wildman–Crippen LogP) is 1.94. The number of nitrogens with one attached hydrogen (secondary N) is 1. The van der Waals surface area contributed by atoms with E-state index >= 15 is 0 Å². The molecule has 1 aromatic carbocycles. The molecule has 0 radical (unpaired) electrons. The van der Waals surface area contributed by atoms with E-state index in [0.717, 1.165) is 21.4 Å². The van der Waals surface area contributed by atoms with E-state index in [1.807, 2.05) is 19.1 Å². The largest absolute Gasteiger partial charge is 0.398 e. The molecule has 1 aromatic rings. The third-order valence-corrected chi connectivity index (χ3v) is 5.37. The monoisotopic (exact) mass is 318 g/mol. The Hall–Kier alpha value is -0.750. The van der Waals surface area contributed by atoms with Crippen molar-refractivity contribution in [3.05, 3.63) is 22.2 Å². The second-order valence-corrected chi connectivity index (χ2v) is 7.52. The van der Waals surface area contributed by atoms with Gasteiger partial charge in [0.15, 0.2) is 9.84 Å². The van der Waals surface area contributed by atoms with Gasteiger partial charge in [-0.15, -0.1) is 0 Å². The van der Waals surface area contributed by atoms with Crippen LogP contribution >= 0.6 is 15.9 Å². The molecule has 4 nitrogen and oxygen atoms in total. The van der Waals surface area contributed by atoms with E-state index in [1.54, 1.807) is 0 Å². The molecule has 3 N–H and O–H groups in total. The molecular formula is C11H15BrN2O2S. The molecular weight excluding hydrogens is 304 g/mol. The Balaban J connectivity index is 2.17. The molecule has 94 valence electrons. The summed E-state index contributed by atoms with van der Waals surface area (Å²) in [6.07, 6.45) is 0.665. The molecule has 0 spiro atoms. The van der Waals surface area contributed by atoms with E-state index in [2.05, 4.69) is 21.2 Å². The van der Waals surface area contributed by atoms with Gasteiger partial charge >= 0.3 is 0 Å². The van der Waals surface area contributed by atoms with Crippen LogP contribution in [0.2, 0.25) is 0 Å². The Morgan fingerprint density at radius 2 is 2.18 bits per heavy atom. The van der Waals surface area contributed by atoms with Crippen LogP contribution in [0.4, 0.5) is 11.4 Å². The molecule has 0 saturated carbocycles. The summed E-state index contributed by atoms with van der Waals surface area (Å²) in [7, 11) is -2.85. The lowest BCUT2D eigenvalue weighted by Crippen LogP contribution is -2.20. The van der Waals surface area contributed by atoms with Gasteiger partial charge in [0, 0.05) is 21.9 Å². The predicted molar refractivity (Wildman–Crippen MR) is 74.0 cm³/mol. The molecule has 1 atom stereocenters. The van der Waals surface area contributed by atoms with Crippen LogP contribution in [0.1, 0.15) is 12.0 Å². The Morgan fingerprint density at radius 1 is 1.47 bits per heavy atom. The number of aryl methyl sites for hydroxylation is 1. The number of nitrogen functional groups attached to an aromatic ring is 1. The number of rotatable bonds is 2. The number of hydrogen-bond donors (Lipinski definition) is 2. The first kappa shape index (κ1) is 12.7. The van der Waals surface area contributed by atoms with Crippen LogP contribution in [0.5, 0.6) is 0 Å². The zero-order valence-corrected chi connectivity index (χ0v) is 11.9. The number of hydrogen-bond acceptors (Lipinski definition) is 4. The van der Waals surface area contributed by atoms with Gasteiger partial charge in [0.1, 0.15) is 0 Å². The van der Waals surface area contributed by atoms with Crippen molar-refractivity contribution in [1.29, 1.82) is 0 Å². The third kappa shape index (κ3) is 2.93. The highest BCUT2D eigenvalue weighted by Crippen LogP contribution is 2.29. The Morgan fingerprint density at radius 3 is 2.76 bits per heavy atom. The molecule has 1 heterocycles. The second-order valence-electron chi connectivity index (χ2n) is 4.43. The van der Waals surface area contributed by atoms with Crippen molar-refractivity contribution in [3.8, 4) is 0 Å². The topological polar surface area (TPSA) is 72.2 Å². The average Bonchev–Trinajstić information content (AvgIpc) is 2.54. The fourth-order valence-electron chi connectivity index (χ4n) is 1.94. The third-order valence-electron chi connectivity index (χ3n) is 2.95. The van der Waals surface area contributed by atoms with Crippen LogP contribution < -0.4 is 11.1 Å². The lowest BCUT2D eigenvalue weighted by molar-refractivity contribution is 0.602. The normalized spacial score (nSPS) is 22.6. The van der Waals surface area contributed by atoms with Crippen LogP contribution in [0.15, 0.2) is 16.6 Å². The van der Waals surface area contributed by atoms with Crippen molar-refractivity contribution in [2.45, 2.75) is 19.4 Å². The summed E-state index contributed by atoms with van der Waals surface area (Å²) < 4.78 is 23.6. The number of benzene rings is 1. The highest BCUT2D eigenvalue weighted by molar-refractivity contribution is 9.10. The van der Waals surface area contributed by atoms with Crippen LogP contribution in [0.3, 0.4) is 0 Å². The van der Waals surface area contributed by atoms with Crippen LogP contribution in [0, 0.1) is 6.92 Å². The fraction of sp³-hybridized carbons (Fsp3) is 0.455. The molecule has 17 heavy (non-hydrogen) atoms. The van der Waals surface area contributed by atoms with Gasteiger partial charge in [0.25, 0.3) is 0 Å². The maximum atomic E-state index is 11.4. The number of nitrogens with two attached hydrogens (primary N) is 1. The van der Waals surface area contributed by atoms with Crippen molar-refractivity contribution in [3.63, 3.8) is 0 Å². The molecule has 1 fully saturated rings. The maximum Gasteiger partial charge on any atom is 0.152 e. The van der Waals surface area contributed by atoms with Crippen molar-refractivity contribution >= 4 is 37.1 Å². The molecule has 0 bridgehead atoms. The second kappa shape index (κ2) is 4.49. The highest BCUT2D eigenvalue weighted by Gasteiger charge is 2.28. The lowest BCUT2D eigenvalue weighted by Gasteiger charge is -2.15. The van der Waals surface area contributed by atoms with Crippen molar-refractivity contribution in [1.82, 2.24) is 0 Å². The van der Waals surface area contributed by atoms with Gasteiger partial charge in [0.05, 0.1) is 11.5 Å². The average molecular weight is 319 g/mol. The van der Waals surface area contributed by atoms with Gasteiger partial charge in [-0.2, -0.15) is 0 Å². The van der Waals surface area contributed by atoms with Gasteiger partial charge in [-0.05, 0) is 47.0 Å². The first-order chi connectivity index (χ1) is 7.87. The molecule has 2 rings (SSSR count). The first-order valence-electron chi connectivity index (χ1n) is 5.40. The van der Waals surface area contributed by atoms with Crippen LogP contribution in [-0.4, -0.2) is 26.0 Å². The summed E-state index contributed by atoms with van der Waals surface area (Å²) in [5.41, 5.74) is 8.40. The van der Waals surface area contributed by atoms with Crippen molar-refractivity contribution in [2.24, 2.45) is 0 Å². The number of halogens is 1.